The Labute approximate surface area is 177 Å². The molecule has 0 radical (unpaired) electrons. The largest absolute Gasteiger partial charge is 0.284 e. The van der Waals surface area contributed by atoms with Crippen molar-refractivity contribution in [2.24, 2.45) is 10.2 Å². The van der Waals surface area contributed by atoms with E-state index in [9.17, 15) is 19.3 Å². The lowest BCUT2D eigenvalue weighted by molar-refractivity contribution is -0.384. The van der Waals surface area contributed by atoms with Gasteiger partial charge in [-0.1, -0.05) is 55.8 Å². The van der Waals surface area contributed by atoms with E-state index >= 15 is 0 Å². The summed E-state index contributed by atoms with van der Waals surface area (Å²) in [6, 6.07) is 12.0. The maximum absolute atomic E-state index is 13.2. The maximum atomic E-state index is 13.2. The highest BCUT2D eigenvalue weighted by Crippen LogP contribution is 2.32. The molecule has 9 heteroatoms. The first-order chi connectivity index (χ1) is 14.5. The van der Waals surface area contributed by atoms with Crippen molar-refractivity contribution < 1.29 is 14.1 Å². The zero-order valence-corrected chi connectivity index (χ0v) is 17.2. The number of amidine groups is 1. The molecule has 3 rings (SSSR count). The van der Waals surface area contributed by atoms with Crippen LogP contribution in [0, 0.1) is 15.9 Å². The fourth-order valence-electron chi connectivity index (χ4n) is 2.94. The Hall–Kier alpha value is -3.07. The summed E-state index contributed by atoms with van der Waals surface area (Å²) in [4.78, 5) is 24.8. The van der Waals surface area contributed by atoms with Crippen LogP contribution in [0.5, 0.6) is 0 Å². The topological polar surface area (TPSA) is 88.2 Å². The summed E-state index contributed by atoms with van der Waals surface area (Å²) in [6.45, 7) is 2.35. The average Bonchev–Trinajstić information content (AvgIpc) is 3.03. The molecule has 1 aliphatic heterocycles. The molecule has 1 heterocycles. The van der Waals surface area contributed by atoms with E-state index in [2.05, 4.69) is 17.1 Å². The highest BCUT2D eigenvalue weighted by atomic mass is 32.2. The van der Waals surface area contributed by atoms with Gasteiger partial charge in [-0.3, -0.25) is 19.8 Å². The van der Waals surface area contributed by atoms with Gasteiger partial charge in [0.1, 0.15) is 5.82 Å². The number of carbonyl (C=O) groups excluding carboxylic acids is 1. The summed E-state index contributed by atoms with van der Waals surface area (Å²) in [6.07, 6.45) is 4.08. The van der Waals surface area contributed by atoms with E-state index in [-0.39, 0.29) is 29.2 Å². The first-order valence-corrected chi connectivity index (χ1v) is 10.4. The minimum atomic E-state index is -0.475. The number of nitro benzene ring substituents is 1. The molecule has 7 nitrogen and oxygen atoms in total. The number of hydrogen-bond acceptors (Lipinski definition) is 6. The zero-order chi connectivity index (χ0) is 21.5. The van der Waals surface area contributed by atoms with Crippen molar-refractivity contribution in [3.8, 4) is 0 Å². The second kappa shape index (κ2) is 10.1. The Morgan fingerprint density at radius 3 is 2.73 bits per heavy atom. The molecule has 0 N–H and O–H groups in total. The number of carbonyl (C=O) groups is 1. The highest BCUT2D eigenvalue weighted by Gasteiger charge is 2.37. The number of amides is 1. The van der Waals surface area contributed by atoms with Crippen LogP contribution in [0.3, 0.4) is 0 Å². The van der Waals surface area contributed by atoms with E-state index in [1.54, 1.807) is 29.2 Å². The van der Waals surface area contributed by atoms with Crippen molar-refractivity contribution in [1.82, 2.24) is 4.90 Å². The quantitative estimate of drug-likeness (QED) is 0.345. The molecule has 0 bridgehead atoms. The van der Waals surface area contributed by atoms with Gasteiger partial charge in [-0.05, 0) is 24.1 Å². The van der Waals surface area contributed by atoms with Crippen molar-refractivity contribution in [3.05, 3.63) is 75.6 Å². The van der Waals surface area contributed by atoms with E-state index in [1.165, 1.54) is 42.2 Å². The van der Waals surface area contributed by atoms with Gasteiger partial charge in [-0.2, -0.15) is 5.10 Å². The monoisotopic (exact) mass is 428 g/mol. The first-order valence-electron chi connectivity index (χ1n) is 9.56. The van der Waals surface area contributed by atoms with Crippen LogP contribution in [0.25, 0.3) is 0 Å². The van der Waals surface area contributed by atoms with Crippen molar-refractivity contribution in [2.45, 2.75) is 38.0 Å². The van der Waals surface area contributed by atoms with Crippen LogP contribution < -0.4 is 0 Å². The van der Waals surface area contributed by atoms with Crippen LogP contribution >= 0.6 is 11.8 Å². The van der Waals surface area contributed by atoms with E-state index in [0.717, 1.165) is 24.8 Å². The summed E-state index contributed by atoms with van der Waals surface area (Å²) >= 11 is 1.36. The lowest BCUT2D eigenvalue weighted by atomic mass is 10.1. The molecule has 1 saturated heterocycles. The van der Waals surface area contributed by atoms with E-state index in [0.29, 0.717) is 10.7 Å². The number of unbranched alkanes of at least 4 members (excludes halogenated alkanes) is 1. The zero-order valence-electron chi connectivity index (χ0n) is 16.4. The molecule has 156 valence electrons. The summed E-state index contributed by atoms with van der Waals surface area (Å²) in [5.41, 5.74) is 1.29. The third kappa shape index (κ3) is 5.50. The second-order valence-corrected chi connectivity index (χ2v) is 7.95. The van der Waals surface area contributed by atoms with E-state index in [4.69, 9.17) is 0 Å². The molecule has 0 spiro atoms. The van der Waals surface area contributed by atoms with Gasteiger partial charge in [0, 0.05) is 17.7 Å². The number of nitrogens with zero attached hydrogens (tertiary/aromatic N) is 4. The lowest BCUT2D eigenvalue weighted by Gasteiger charge is -2.15. The van der Waals surface area contributed by atoms with Crippen molar-refractivity contribution >= 4 is 34.7 Å². The molecular weight excluding hydrogens is 407 g/mol. The van der Waals surface area contributed by atoms with Crippen LogP contribution in [-0.4, -0.2) is 32.4 Å². The van der Waals surface area contributed by atoms with Gasteiger partial charge in [-0.15, -0.1) is 5.10 Å². The molecule has 0 aromatic heterocycles. The lowest BCUT2D eigenvalue weighted by Crippen LogP contribution is -2.31. The predicted octanol–water partition coefficient (Wildman–Crippen LogP) is 4.76. The number of thioether (sulfide) groups is 1. The van der Waals surface area contributed by atoms with Crippen molar-refractivity contribution in [1.29, 1.82) is 0 Å². The van der Waals surface area contributed by atoms with Crippen LogP contribution in [-0.2, 0) is 11.3 Å². The number of benzene rings is 2. The van der Waals surface area contributed by atoms with Crippen LogP contribution in [0.4, 0.5) is 10.1 Å². The first kappa shape index (κ1) is 21.6. The summed E-state index contributed by atoms with van der Waals surface area (Å²) in [5, 5.41) is 19.4. The Morgan fingerprint density at radius 1 is 1.27 bits per heavy atom. The molecule has 30 heavy (non-hydrogen) atoms. The van der Waals surface area contributed by atoms with Gasteiger partial charge in [0.05, 0.1) is 22.9 Å². The molecule has 2 aromatic carbocycles. The minimum Gasteiger partial charge on any atom is -0.284 e. The fourth-order valence-corrected chi connectivity index (χ4v) is 4.08. The summed E-state index contributed by atoms with van der Waals surface area (Å²) in [7, 11) is 0. The van der Waals surface area contributed by atoms with Crippen LogP contribution in [0.2, 0.25) is 0 Å². The number of nitro groups is 1. The molecule has 1 unspecified atom stereocenters. The minimum absolute atomic E-state index is 0.0328. The van der Waals surface area contributed by atoms with Crippen LogP contribution in [0.1, 0.15) is 37.3 Å². The van der Waals surface area contributed by atoms with E-state index in [1.807, 2.05) is 0 Å². The molecule has 1 atom stereocenters. The third-order valence-corrected chi connectivity index (χ3v) is 5.76. The van der Waals surface area contributed by atoms with Gasteiger partial charge >= 0.3 is 0 Å². The van der Waals surface area contributed by atoms with Gasteiger partial charge < -0.3 is 0 Å². The molecule has 1 fully saturated rings. The molecule has 0 aliphatic carbocycles. The third-order valence-electron chi connectivity index (χ3n) is 4.52. The molecule has 0 saturated carbocycles. The van der Waals surface area contributed by atoms with Gasteiger partial charge in [0.2, 0.25) is 5.91 Å². The second-order valence-electron chi connectivity index (χ2n) is 6.78. The number of hydrogen-bond donors (Lipinski definition) is 0. The highest BCUT2D eigenvalue weighted by molar-refractivity contribution is 8.15. The van der Waals surface area contributed by atoms with Crippen molar-refractivity contribution in [2.75, 3.05) is 0 Å². The van der Waals surface area contributed by atoms with E-state index < -0.39 is 4.92 Å². The van der Waals surface area contributed by atoms with Gasteiger partial charge in [-0.25, -0.2) is 4.39 Å². The standard InChI is InChI=1S/C21H21FN4O3S/c1-2-3-7-19-20(27)25(14-15-8-10-17(22)11-9-15)21(30-19)24-23-13-16-5-4-6-18(12-16)26(28)29/h4-6,8-13,19H,2-3,7,14H2,1H3/b23-13+,24-21+. The molecule has 1 amide bonds. The number of halogens is 1. The SMILES string of the molecule is CCCCC1S/C(=N/N=C/c2cccc([N+](=O)[O-])c2)N(Cc2ccc(F)cc2)C1=O. The molecule has 2 aromatic rings. The predicted molar refractivity (Wildman–Crippen MR) is 116 cm³/mol. The van der Waals surface area contributed by atoms with Crippen LogP contribution in [0.15, 0.2) is 58.7 Å². The van der Waals surface area contributed by atoms with Crippen molar-refractivity contribution in [3.63, 3.8) is 0 Å². The average molecular weight is 428 g/mol. The molecular formula is C21H21FN4O3S. The Bertz CT molecular complexity index is 978. The normalized spacial score (nSPS) is 17.9. The number of rotatable bonds is 8. The molecule has 1 aliphatic rings. The van der Waals surface area contributed by atoms with Gasteiger partial charge in [0.25, 0.3) is 5.69 Å². The summed E-state index contributed by atoms with van der Waals surface area (Å²) in [5.74, 6) is -0.376. The summed E-state index contributed by atoms with van der Waals surface area (Å²) < 4.78 is 13.2. The smallest absolute Gasteiger partial charge is 0.270 e. The van der Waals surface area contributed by atoms with Gasteiger partial charge in [0.15, 0.2) is 5.17 Å². The Morgan fingerprint density at radius 2 is 2.03 bits per heavy atom. The fraction of sp³-hybridized carbons (Fsp3) is 0.286. The maximum Gasteiger partial charge on any atom is 0.270 e. The number of non-ortho nitro benzene ring substituents is 1. The Balaban J connectivity index is 1.80. The Kier molecular flexibility index (Phi) is 7.29.